The number of esters is 1. The Morgan fingerprint density at radius 2 is 2.11 bits per heavy atom. The summed E-state index contributed by atoms with van der Waals surface area (Å²) in [5.41, 5.74) is 2.01. The fourth-order valence-electron chi connectivity index (χ4n) is 1.69. The molecular weight excluding hydrogens is 242 g/mol. The molecule has 2 aromatic heterocycles. The monoisotopic (exact) mass is 257 g/mol. The van der Waals surface area contributed by atoms with Crippen molar-refractivity contribution in [3.63, 3.8) is 0 Å². The number of pyridine rings is 2. The molecule has 1 N–H and O–H groups in total. The summed E-state index contributed by atoms with van der Waals surface area (Å²) >= 11 is 0. The third-order valence-corrected chi connectivity index (χ3v) is 2.67. The zero-order valence-electron chi connectivity index (χ0n) is 10.8. The summed E-state index contributed by atoms with van der Waals surface area (Å²) in [6.07, 6.45) is 3.32. The molecule has 0 aliphatic carbocycles. The van der Waals surface area contributed by atoms with E-state index in [9.17, 15) is 4.79 Å². The van der Waals surface area contributed by atoms with Gasteiger partial charge < -0.3 is 10.1 Å². The molecule has 0 saturated carbocycles. The van der Waals surface area contributed by atoms with Crippen LogP contribution in [0.2, 0.25) is 0 Å². The van der Waals surface area contributed by atoms with Gasteiger partial charge in [-0.3, -0.25) is 4.98 Å². The smallest absolute Gasteiger partial charge is 0.356 e. The van der Waals surface area contributed by atoms with Crippen molar-refractivity contribution in [1.29, 1.82) is 0 Å². The first-order valence-electron chi connectivity index (χ1n) is 5.92. The lowest BCUT2D eigenvalue weighted by molar-refractivity contribution is 0.0594. The van der Waals surface area contributed by atoms with Gasteiger partial charge in [-0.2, -0.15) is 0 Å². The fourth-order valence-corrected chi connectivity index (χ4v) is 1.69. The fraction of sp³-hybridized carbons (Fsp3) is 0.214. The number of rotatable bonds is 4. The molecular formula is C14H15N3O2. The molecule has 2 rings (SSSR count). The maximum absolute atomic E-state index is 11.4. The van der Waals surface area contributed by atoms with Crippen LogP contribution in [0.25, 0.3) is 0 Å². The molecule has 19 heavy (non-hydrogen) atoms. The summed E-state index contributed by atoms with van der Waals surface area (Å²) in [6, 6.07) is 9.25. The molecule has 98 valence electrons. The van der Waals surface area contributed by atoms with Crippen LogP contribution in [0, 0.1) is 0 Å². The molecule has 0 spiro atoms. The highest BCUT2D eigenvalue weighted by atomic mass is 16.5. The minimum absolute atomic E-state index is 0.0362. The number of hydrogen-bond donors (Lipinski definition) is 1. The summed E-state index contributed by atoms with van der Waals surface area (Å²) in [4.78, 5) is 19.6. The van der Waals surface area contributed by atoms with E-state index in [4.69, 9.17) is 0 Å². The first-order chi connectivity index (χ1) is 9.20. The highest BCUT2D eigenvalue weighted by Gasteiger charge is 2.10. The highest BCUT2D eigenvalue weighted by molar-refractivity contribution is 5.88. The van der Waals surface area contributed by atoms with Crippen molar-refractivity contribution < 1.29 is 9.53 Å². The number of hydrogen-bond acceptors (Lipinski definition) is 5. The number of anilines is 1. The van der Waals surface area contributed by atoms with E-state index in [1.165, 1.54) is 7.11 Å². The van der Waals surface area contributed by atoms with Crippen LogP contribution >= 0.6 is 0 Å². The molecule has 0 radical (unpaired) electrons. The molecule has 1 atom stereocenters. The molecule has 0 aliphatic heterocycles. The zero-order chi connectivity index (χ0) is 13.7. The Balaban J connectivity index is 2.13. The molecule has 2 heterocycles. The Bertz CT molecular complexity index is 558. The van der Waals surface area contributed by atoms with Crippen LogP contribution in [0.4, 0.5) is 5.69 Å². The molecule has 0 fully saturated rings. The number of nitrogens with zero attached hydrogens (tertiary/aromatic N) is 2. The number of carbonyl (C=O) groups excluding carboxylic acids is 1. The van der Waals surface area contributed by atoms with E-state index in [1.807, 2.05) is 25.1 Å². The molecule has 0 bridgehead atoms. The third kappa shape index (κ3) is 3.28. The van der Waals surface area contributed by atoms with Gasteiger partial charge in [0.25, 0.3) is 0 Å². The lowest BCUT2D eigenvalue weighted by atomic mass is 10.2. The van der Waals surface area contributed by atoms with Crippen LogP contribution in [0.5, 0.6) is 0 Å². The minimum Gasteiger partial charge on any atom is -0.464 e. The van der Waals surface area contributed by atoms with Crippen LogP contribution in [0.1, 0.15) is 29.1 Å². The standard InChI is InChI=1S/C14H15N3O2/c1-10(12-5-3-4-7-15-12)17-11-6-8-16-13(9-11)14(18)19-2/h3-10H,1-2H3,(H,16,17). The topological polar surface area (TPSA) is 64.1 Å². The number of aromatic nitrogens is 2. The van der Waals surface area contributed by atoms with Crippen LogP contribution < -0.4 is 5.32 Å². The van der Waals surface area contributed by atoms with Gasteiger partial charge in [0.15, 0.2) is 0 Å². The summed E-state index contributed by atoms with van der Waals surface area (Å²) < 4.78 is 4.64. The number of nitrogens with one attached hydrogen (secondary N) is 1. The number of ether oxygens (including phenoxy) is 1. The van der Waals surface area contributed by atoms with Crippen molar-refractivity contribution in [2.24, 2.45) is 0 Å². The lowest BCUT2D eigenvalue weighted by Gasteiger charge is -2.14. The molecule has 1 unspecified atom stereocenters. The average Bonchev–Trinajstić information content (AvgIpc) is 2.47. The van der Waals surface area contributed by atoms with Gasteiger partial charge in [-0.1, -0.05) is 6.07 Å². The highest BCUT2D eigenvalue weighted by Crippen LogP contribution is 2.17. The lowest BCUT2D eigenvalue weighted by Crippen LogP contribution is -2.10. The van der Waals surface area contributed by atoms with Gasteiger partial charge in [0.05, 0.1) is 18.8 Å². The van der Waals surface area contributed by atoms with Gasteiger partial charge in [0.2, 0.25) is 0 Å². The number of carbonyl (C=O) groups is 1. The van der Waals surface area contributed by atoms with Gasteiger partial charge in [-0.05, 0) is 31.2 Å². The van der Waals surface area contributed by atoms with Gasteiger partial charge >= 0.3 is 5.97 Å². The Hall–Kier alpha value is -2.43. The normalized spacial score (nSPS) is 11.7. The molecule has 2 aromatic rings. The molecule has 5 heteroatoms. The van der Waals surface area contributed by atoms with Gasteiger partial charge in [-0.25, -0.2) is 9.78 Å². The Labute approximate surface area is 111 Å². The van der Waals surface area contributed by atoms with Gasteiger partial charge in [-0.15, -0.1) is 0 Å². The van der Waals surface area contributed by atoms with Crippen molar-refractivity contribution in [1.82, 2.24) is 9.97 Å². The van der Waals surface area contributed by atoms with Gasteiger partial charge in [0.1, 0.15) is 5.69 Å². The van der Waals surface area contributed by atoms with Crippen LogP contribution in [0.15, 0.2) is 42.7 Å². The van der Waals surface area contributed by atoms with Crippen LogP contribution in [-0.2, 0) is 4.74 Å². The molecule has 0 amide bonds. The van der Waals surface area contributed by atoms with E-state index in [1.54, 1.807) is 24.5 Å². The van der Waals surface area contributed by atoms with Crippen molar-refractivity contribution in [3.8, 4) is 0 Å². The number of methoxy groups -OCH3 is 1. The van der Waals surface area contributed by atoms with E-state index >= 15 is 0 Å². The van der Waals surface area contributed by atoms with E-state index in [0.717, 1.165) is 11.4 Å². The summed E-state index contributed by atoms with van der Waals surface area (Å²) in [5, 5.41) is 3.27. The van der Waals surface area contributed by atoms with Crippen molar-refractivity contribution in [3.05, 3.63) is 54.1 Å². The predicted octanol–water partition coefficient (Wildman–Crippen LogP) is 2.44. The van der Waals surface area contributed by atoms with E-state index in [0.29, 0.717) is 0 Å². The van der Waals surface area contributed by atoms with Crippen LogP contribution in [0.3, 0.4) is 0 Å². The van der Waals surface area contributed by atoms with E-state index in [-0.39, 0.29) is 11.7 Å². The third-order valence-electron chi connectivity index (χ3n) is 2.67. The summed E-state index contributed by atoms with van der Waals surface area (Å²) in [7, 11) is 1.33. The average molecular weight is 257 g/mol. The Kier molecular flexibility index (Phi) is 4.07. The van der Waals surface area contributed by atoms with Crippen molar-refractivity contribution in [2.45, 2.75) is 13.0 Å². The summed E-state index contributed by atoms with van der Waals surface area (Å²) in [5.74, 6) is -0.450. The Morgan fingerprint density at radius 3 is 2.79 bits per heavy atom. The van der Waals surface area contributed by atoms with Crippen molar-refractivity contribution >= 4 is 11.7 Å². The second-order valence-corrected chi connectivity index (χ2v) is 4.04. The molecule has 0 saturated heterocycles. The quantitative estimate of drug-likeness (QED) is 0.852. The Morgan fingerprint density at radius 1 is 1.26 bits per heavy atom. The van der Waals surface area contributed by atoms with E-state index in [2.05, 4.69) is 20.0 Å². The van der Waals surface area contributed by atoms with Crippen LogP contribution in [-0.4, -0.2) is 23.0 Å². The van der Waals surface area contributed by atoms with Gasteiger partial charge in [0, 0.05) is 18.1 Å². The first-order valence-corrected chi connectivity index (χ1v) is 5.92. The molecule has 5 nitrogen and oxygen atoms in total. The summed E-state index contributed by atoms with van der Waals surface area (Å²) in [6.45, 7) is 2.00. The van der Waals surface area contributed by atoms with Crippen molar-refractivity contribution in [2.75, 3.05) is 12.4 Å². The zero-order valence-corrected chi connectivity index (χ0v) is 10.8. The molecule has 0 aromatic carbocycles. The molecule has 0 aliphatic rings. The predicted molar refractivity (Wildman–Crippen MR) is 71.9 cm³/mol. The maximum atomic E-state index is 11.4. The minimum atomic E-state index is -0.450. The second-order valence-electron chi connectivity index (χ2n) is 4.04. The van der Waals surface area contributed by atoms with E-state index < -0.39 is 5.97 Å². The first kappa shape index (κ1) is 13.0. The largest absolute Gasteiger partial charge is 0.464 e. The maximum Gasteiger partial charge on any atom is 0.356 e. The SMILES string of the molecule is COC(=O)c1cc(NC(C)c2ccccn2)ccn1. The second kappa shape index (κ2) is 5.95.